The molecule has 0 bridgehead atoms. The first-order valence-electron chi connectivity index (χ1n) is 7.18. The summed E-state index contributed by atoms with van der Waals surface area (Å²) < 4.78 is 11.4. The zero-order valence-corrected chi connectivity index (χ0v) is 12.5. The van der Waals surface area contributed by atoms with E-state index in [-0.39, 0.29) is 24.3 Å². The van der Waals surface area contributed by atoms with Gasteiger partial charge in [-0.1, -0.05) is 18.2 Å². The number of carbonyl (C=O) groups is 2. The number of rotatable bonds is 3. The summed E-state index contributed by atoms with van der Waals surface area (Å²) in [6, 6.07) is 8.74. The molecule has 0 aliphatic carbocycles. The van der Waals surface area contributed by atoms with E-state index in [1.54, 1.807) is 12.1 Å². The molecule has 2 aliphatic heterocycles. The predicted molar refractivity (Wildman–Crippen MR) is 81.4 cm³/mol. The van der Waals surface area contributed by atoms with Crippen LogP contribution >= 0.6 is 0 Å². The molecule has 21 heavy (non-hydrogen) atoms. The standard InChI is InChI=1S/C15H18N2O3S/c18-14-10-13(16-11-6-8-21(20)9-7-11)15(19)17(14)12-4-2-1-3-5-12/h1-5,11,13,16H,6-10H2. The van der Waals surface area contributed by atoms with E-state index in [1.165, 1.54) is 4.90 Å². The van der Waals surface area contributed by atoms with Gasteiger partial charge in [-0.05, 0) is 25.0 Å². The van der Waals surface area contributed by atoms with Gasteiger partial charge in [0.25, 0.3) is 5.91 Å². The molecule has 2 heterocycles. The lowest BCUT2D eigenvalue weighted by atomic mass is 10.1. The molecule has 1 N–H and O–H groups in total. The van der Waals surface area contributed by atoms with Gasteiger partial charge in [-0.3, -0.25) is 13.8 Å². The topological polar surface area (TPSA) is 66.5 Å². The third-order valence-corrected chi connectivity index (χ3v) is 5.37. The van der Waals surface area contributed by atoms with Crippen molar-refractivity contribution >= 4 is 28.3 Å². The second-order valence-electron chi connectivity index (χ2n) is 5.45. The Hall–Kier alpha value is -1.53. The predicted octanol–water partition coefficient (Wildman–Crippen LogP) is 0.819. The molecule has 2 aliphatic rings. The van der Waals surface area contributed by atoms with Crippen molar-refractivity contribution in [2.24, 2.45) is 0 Å². The normalized spacial score (nSPS) is 29.9. The van der Waals surface area contributed by atoms with Crippen molar-refractivity contribution in [1.29, 1.82) is 0 Å². The van der Waals surface area contributed by atoms with E-state index in [9.17, 15) is 13.8 Å². The van der Waals surface area contributed by atoms with Gasteiger partial charge in [0.2, 0.25) is 5.91 Å². The monoisotopic (exact) mass is 306 g/mol. The van der Waals surface area contributed by atoms with Gasteiger partial charge in [0.1, 0.15) is 0 Å². The summed E-state index contributed by atoms with van der Waals surface area (Å²) in [7, 11) is -0.719. The van der Waals surface area contributed by atoms with Gasteiger partial charge in [-0.2, -0.15) is 0 Å². The van der Waals surface area contributed by atoms with Crippen LogP contribution in [0.5, 0.6) is 0 Å². The fourth-order valence-corrected chi connectivity index (χ4v) is 4.15. The third kappa shape index (κ3) is 3.06. The largest absolute Gasteiger partial charge is 0.303 e. The van der Waals surface area contributed by atoms with Gasteiger partial charge in [-0.15, -0.1) is 0 Å². The maximum Gasteiger partial charge on any atom is 0.251 e. The summed E-state index contributed by atoms with van der Waals surface area (Å²) in [6.45, 7) is 0. The molecule has 3 rings (SSSR count). The van der Waals surface area contributed by atoms with Gasteiger partial charge in [-0.25, -0.2) is 4.90 Å². The van der Waals surface area contributed by atoms with Crippen LogP contribution in [-0.2, 0) is 20.4 Å². The first kappa shape index (κ1) is 14.4. The molecule has 112 valence electrons. The van der Waals surface area contributed by atoms with Gasteiger partial charge in [0.15, 0.2) is 0 Å². The molecule has 6 heteroatoms. The van der Waals surface area contributed by atoms with Crippen LogP contribution in [-0.4, -0.2) is 39.6 Å². The summed E-state index contributed by atoms with van der Waals surface area (Å²) in [5.74, 6) is 1.00. The number of para-hydroxylation sites is 1. The lowest BCUT2D eigenvalue weighted by Crippen LogP contribution is -2.46. The van der Waals surface area contributed by atoms with Crippen LogP contribution in [0.2, 0.25) is 0 Å². The summed E-state index contributed by atoms with van der Waals surface area (Å²) in [5.41, 5.74) is 0.626. The van der Waals surface area contributed by atoms with Gasteiger partial charge in [0, 0.05) is 28.3 Å². The Morgan fingerprint density at radius 1 is 1.10 bits per heavy atom. The van der Waals surface area contributed by atoms with E-state index in [0.717, 1.165) is 12.8 Å². The van der Waals surface area contributed by atoms with E-state index in [0.29, 0.717) is 17.2 Å². The molecule has 0 saturated carbocycles. The molecule has 5 nitrogen and oxygen atoms in total. The van der Waals surface area contributed by atoms with E-state index >= 15 is 0 Å². The lowest BCUT2D eigenvalue weighted by Gasteiger charge is -2.25. The van der Waals surface area contributed by atoms with Crippen LogP contribution in [0.4, 0.5) is 5.69 Å². The molecule has 1 aromatic carbocycles. The van der Waals surface area contributed by atoms with Gasteiger partial charge < -0.3 is 5.32 Å². The third-order valence-electron chi connectivity index (χ3n) is 3.99. The fraction of sp³-hybridized carbons (Fsp3) is 0.467. The number of nitrogens with one attached hydrogen (secondary N) is 1. The summed E-state index contributed by atoms with van der Waals surface area (Å²) >= 11 is 0. The number of nitrogens with zero attached hydrogens (tertiary/aromatic N) is 1. The quantitative estimate of drug-likeness (QED) is 0.840. The molecule has 0 aromatic heterocycles. The summed E-state index contributed by atoms with van der Waals surface area (Å²) in [6.07, 6.45) is 1.80. The number of carbonyl (C=O) groups excluding carboxylic acids is 2. The maximum absolute atomic E-state index is 12.4. The van der Waals surface area contributed by atoms with Crippen molar-refractivity contribution < 1.29 is 13.8 Å². The first-order valence-corrected chi connectivity index (χ1v) is 8.67. The fourth-order valence-electron chi connectivity index (χ4n) is 2.86. The van der Waals surface area contributed by atoms with Crippen molar-refractivity contribution in [2.75, 3.05) is 16.4 Å². The van der Waals surface area contributed by atoms with Crippen LogP contribution < -0.4 is 10.2 Å². The SMILES string of the molecule is O=C1CC(NC2CCS(=O)CC2)C(=O)N1c1ccccc1. The zero-order valence-electron chi connectivity index (χ0n) is 11.7. The number of hydrogen-bond donors (Lipinski definition) is 1. The smallest absolute Gasteiger partial charge is 0.251 e. The Labute approximate surface area is 126 Å². The molecule has 2 amide bonds. The van der Waals surface area contributed by atoms with Crippen molar-refractivity contribution in [3.63, 3.8) is 0 Å². The average molecular weight is 306 g/mol. The molecular weight excluding hydrogens is 288 g/mol. The molecule has 1 unspecified atom stereocenters. The molecule has 0 radical (unpaired) electrons. The van der Waals surface area contributed by atoms with Gasteiger partial charge >= 0.3 is 0 Å². The van der Waals surface area contributed by atoms with E-state index in [1.807, 2.05) is 18.2 Å². The van der Waals surface area contributed by atoms with Crippen LogP contribution in [0.3, 0.4) is 0 Å². The zero-order chi connectivity index (χ0) is 14.8. The highest BCUT2D eigenvalue weighted by Crippen LogP contribution is 2.23. The Morgan fingerprint density at radius 2 is 1.76 bits per heavy atom. The van der Waals surface area contributed by atoms with Crippen LogP contribution in [0.15, 0.2) is 30.3 Å². The molecule has 1 aromatic rings. The molecule has 0 spiro atoms. The van der Waals surface area contributed by atoms with Crippen LogP contribution in [0, 0.1) is 0 Å². The second-order valence-corrected chi connectivity index (χ2v) is 7.14. The molecular formula is C15H18N2O3S. The van der Waals surface area contributed by atoms with E-state index in [2.05, 4.69) is 5.32 Å². The summed E-state index contributed by atoms with van der Waals surface area (Å²) in [4.78, 5) is 25.8. The Balaban J connectivity index is 1.68. The minimum atomic E-state index is -0.719. The highest BCUT2D eigenvalue weighted by molar-refractivity contribution is 7.85. The van der Waals surface area contributed by atoms with E-state index in [4.69, 9.17) is 0 Å². The number of anilines is 1. The first-order chi connectivity index (χ1) is 10.1. The Bertz CT molecular complexity index is 566. The number of benzene rings is 1. The number of hydrogen-bond acceptors (Lipinski definition) is 4. The minimum Gasteiger partial charge on any atom is -0.303 e. The highest BCUT2D eigenvalue weighted by Gasteiger charge is 2.40. The Morgan fingerprint density at radius 3 is 2.43 bits per heavy atom. The number of amides is 2. The maximum atomic E-state index is 12.4. The lowest BCUT2D eigenvalue weighted by molar-refractivity contribution is -0.121. The van der Waals surface area contributed by atoms with Gasteiger partial charge in [0.05, 0.1) is 18.2 Å². The van der Waals surface area contributed by atoms with Crippen molar-refractivity contribution in [3.8, 4) is 0 Å². The Kier molecular flexibility index (Phi) is 4.17. The van der Waals surface area contributed by atoms with Crippen LogP contribution in [0.25, 0.3) is 0 Å². The highest BCUT2D eigenvalue weighted by atomic mass is 32.2. The molecule has 2 fully saturated rings. The minimum absolute atomic E-state index is 0.164. The second kappa shape index (κ2) is 6.07. The van der Waals surface area contributed by atoms with Crippen molar-refractivity contribution in [3.05, 3.63) is 30.3 Å². The average Bonchev–Trinajstić information content (AvgIpc) is 2.77. The van der Waals surface area contributed by atoms with Crippen molar-refractivity contribution in [1.82, 2.24) is 5.32 Å². The number of imide groups is 1. The molecule has 1 atom stereocenters. The van der Waals surface area contributed by atoms with Crippen LogP contribution in [0.1, 0.15) is 19.3 Å². The van der Waals surface area contributed by atoms with Crippen molar-refractivity contribution in [2.45, 2.75) is 31.3 Å². The van der Waals surface area contributed by atoms with E-state index < -0.39 is 16.8 Å². The molecule has 2 saturated heterocycles. The summed E-state index contributed by atoms with van der Waals surface area (Å²) in [5, 5.41) is 3.27.